The molecule has 1 heterocycles. The summed E-state index contributed by atoms with van der Waals surface area (Å²) in [6, 6.07) is 0.232. The zero-order valence-corrected chi connectivity index (χ0v) is 11.1. The van der Waals surface area contributed by atoms with Crippen molar-refractivity contribution >= 4 is 0 Å². The van der Waals surface area contributed by atoms with E-state index in [-0.39, 0.29) is 6.04 Å². The van der Waals surface area contributed by atoms with Crippen LogP contribution in [0.15, 0.2) is 24.0 Å². The Labute approximate surface area is 104 Å². The zero-order chi connectivity index (χ0) is 12.5. The third kappa shape index (κ3) is 3.19. The standard InChI is InChI=1S/C14H23N3/c1-14(2)9-11(8-12(15)10-14)4-5-13-16-6-7-17(13)3/h6-8,12H,4-5,9-10,15H2,1-3H3. The van der Waals surface area contributed by atoms with E-state index in [0.29, 0.717) is 5.41 Å². The number of nitrogens with two attached hydrogens (primary N) is 1. The van der Waals surface area contributed by atoms with Crippen molar-refractivity contribution in [1.82, 2.24) is 9.55 Å². The molecule has 0 aliphatic heterocycles. The molecule has 0 saturated heterocycles. The lowest BCUT2D eigenvalue weighted by molar-refractivity contribution is 0.297. The molecule has 1 unspecified atom stereocenters. The van der Waals surface area contributed by atoms with Crippen molar-refractivity contribution in [2.75, 3.05) is 0 Å². The van der Waals surface area contributed by atoms with E-state index < -0.39 is 0 Å². The maximum absolute atomic E-state index is 6.08. The van der Waals surface area contributed by atoms with Crippen LogP contribution in [0.1, 0.15) is 38.9 Å². The van der Waals surface area contributed by atoms with Crippen molar-refractivity contribution in [2.24, 2.45) is 18.2 Å². The molecule has 0 bridgehead atoms. The van der Waals surface area contributed by atoms with E-state index in [1.54, 1.807) is 0 Å². The molecule has 17 heavy (non-hydrogen) atoms. The molecule has 2 rings (SSSR count). The normalized spacial score (nSPS) is 23.5. The maximum atomic E-state index is 6.08. The summed E-state index contributed by atoms with van der Waals surface area (Å²) in [7, 11) is 2.05. The minimum Gasteiger partial charge on any atom is -0.338 e. The van der Waals surface area contributed by atoms with Crippen LogP contribution < -0.4 is 5.73 Å². The minimum absolute atomic E-state index is 0.232. The average Bonchev–Trinajstić information content (AvgIpc) is 2.58. The topological polar surface area (TPSA) is 43.8 Å². The fourth-order valence-corrected chi connectivity index (χ4v) is 2.83. The monoisotopic (exact) mass is 233 g/mol. The largest absolute Gasteiger partial charge is 0.338 e. The second-order valence-electron chi connectivity index (χ2n) is 5.99. The Morgan fingerprint density at radius 3 is 2.82 bits per heavy atom. The molecule has 1 aromatic heterocycles. The molecule has 3 heteroatoms. The van der Waals surface area contributed by atoms with E-state index in [0.717, 1.165) is 25.1 Å². The van der Waals surface area contributed by atoms with Crippen LogP contribution in [0.25, 0.3) is 0 Å². The summed E-state index contributed by atoms with van der Waals surface area (Å²) in [4.78, 5) is 4.36. The fourth-order valence-electron chi connectivity index (χ4n) is 2.83. The predicted octanol–water partition coefficient (Wildman–Crippen LogP) is 2.43. The SMILES string of the molecule is Cn1ccnc1CCC1=CC(N)CC(C)(C)C1. The Bertz CT molecular complexity index is 415. The number of aromatic nitrogens is 2. The molecule has 1 aromatic rings. The van der Waals surface area contributed by atoms with Crippen LogP contribution >= 0.6 is 0 Å². The van der Waals surface area contributed by atoms with Crippen LogP contribution in [0.2, 0.25) is 0 Å². The van der Waals surface area contributed by atoms with Gasteiger partial charge in [0.2, 0.25) is 0 Å². The highest BCUT2D eigenvalue weighted by Crippen LogP contribution is 2.36. The van der Waals surface area contributed by atoms with Gasteiger partial charge in [0.25, 0.3) is 0 Å². The fraction of sp³-hybridized carbons (Fsp3) is 0.643. The summed E-state index contributed by atoms with van der Waals surface area (Å²) in [5.74, 6) is 1.16. The van der Waals surface area contributed by atoms with E-state index in [1.807, 2.05) is 19.4 Å². The molecule has 0 saturated carbocycles. The van der Waals surface area contributed by atoms with Gasteiger partial charge in [0.15, 0.2) is 0 Å². The van der Waals surface area contributed by atoms with Crippen molar-refractivity contribution in [3.8, 4) is 0 Å². The third-order valence-electron chi connectivity index (χ3n) is 3.53. The van der Waals surface area contributed by atoms with Crippen LogP contribution in [0, 0.1) is 5.41 Å². The molecular weight excluding hydrogens is 210 g/mol. The van der Waals surface area contributed by atoms with Crippen molar-refractivity contribution in [2.45, 2.75) is 45.6 Å². The first-order valence-corrected chi connectivity index (χ1v) is 6.38. The highest BCUT2D eigenvalue weighted by Gasteiger charge is 2.26. The molecule has 0 aromatic carbocycles. The molecule has 0 radical (unpaired) electrons. The van der Waals surface area contributed by atoms with E-state index in [9.17, 15) is 0 Å². The van der Waals surface area contributed by atoms with Gasteiger partial charge in [-0.2, -0.15) is 0 Å². The van der Waals surface area contributed by atoms with Crippen molar-refractivity contribution in [3.05, 3.63) is 29.9 Å². The summed E-state index contributed by atoms with van der Waals surface area (Å²) < 4.78 is 2.09. The first-order chi connectivity index (χ1) is 7.96. The second kappa shape index (κ2) is 4.65. The Hall–Kier alpha value is -1.09. The number of rotatable bonds is 3. The van der Waals surface area contributed by atoms with Gasteiger partial charge in [0.1, 0.15) is 5.82 Å². The Morgan fingerprint density at radius 2 is 2.24 bits per heavy atom. The van der Waals surface area contributed by atoms with E-state index >= 15 is 0 Å². The number of imidazole rings is 1. The number of hydrogen-bond donors (Lipinski definition) is 1. The lowest BCUT2D eigenvalue weighted by Gasteiger charge is -2.33. The van der Waals surface area contributed by atoms with Gasteiger partial charge in [-0.25, -0.2) is 4.98 Å². The smallest absolute Gasteiger partial charge is 0.108 e. The predicted molar refractivity (Wildman–Crippen MR) is 70.6 cm³/mol. The van der Waals surface area contributed by atoms with Crippen LogP contribution in [-0.4, -0.2) is 15.6 Å². The molecule has 1 aliphatic carbocycles. The molecule has 1 atom stereocenters. The average molecular weight is 233 g/mol. The summed E-state index contributed by atoms with van der Waals surface area (Å²) in [6.07, 6.45) is 10.5. The lowest BCUT2D eigenvalue weighted by atomic mass is 9.74. The van der Waals surface area contributed by atoms with Gasteiger partial charge >= 0.3 is 0 Å². The summed E-state index contributed by atoms with van der Waals surface area (Å²) in [5.41, 5.74) is 7.93. The number of hydrogen-bond acceptors (Lipinski definition) is 2. The first-order valence-electron chi connectivity index (χ1n) is 6.38. The van der Waals surface area contributed by atoms with Crippen molar-refractivity contribution < 1.29 is 0 Å². The Morgan fingerprint density at radius 1 is 1.47 bits per heavy atom. The first kappa shape index (κ1) is 12.4. The van der Waals surface area contributed by atoms with Crippen LogP contribution in [0.5, 0.6) is 0 Å². The van der Waals surface area contributed by atoms with Gasteiger partial charge in [-0.15, -0.1) is 0 Å². The third-order valence-corrected chi connectivity index (χ3v) is 3.53. The number of allylic oxidation sites excluding steroid dienone is 1. The van der Waals surface area contributed by atoms with E-state index in [4.69, 9.17) is 5.73 Å². The molecule has 1 aliphatic rings. The number of aryl methyl sites for hydroxylation is 2. The van der Waals surface area contributed by atoms with Crippen LogP contribution in [0.4, 0.5) is 0 Å². The quantitative estimate of drug-likeness (QED) is 0.815. The van der Waals surface area contributed by atoms with Gasteiger partial charge < -0.3 is 10.3 Å². The van der Waals surface area contributed by atoms with Gasteiger partial charge in [0.05, 0.1) is 0 Å². The van der Waals surface area contributed by atoms with Gasteiger partial charge in [0, 0.05) is 31.9 Å². The van der Waals surface area contributed by atoms with Gasteiger partial charge in [-0.3, -0.25) is 0 Å². The minimum atomic E-state index is 0.232. The molecule has 3 nitrogen and oxygen atoms in total. The van der Waals surface area contributed by atoms with Crippen molar-refractivity contribution in [3.63, 3.8) is 0 Å². The highest BCUT2D eigenvalue weighted by atomic mass is 15.0. The summed E-state index contributed by atoms with van der Waals surface area (Å²) in [5, 5.41) is 0. The molecule has 0 fully saturated rings. The lowest BCUT2D eigenvalue weighted by Crippen LogP contribution is -2.31. The molecule has 94 valence electrons. The van der Waals surface area contributed by atoms with Crippen LogP contribution in [-0.2, 0) is 13.5 Å². The van der Waals surface area contributed by atoms with Gasteiger partial charge in [-0.05, 0) is 24.7 Å². The molecule has 0 amide bonds. The molecular formula is C14H23N3. The van der Waals surface area contributed by atoms with Gasteiger partial charge in [-0.1, -0.05) is 25.5 Å². The molecule has 0 spiro atoms. The highest BCUT2D eigenvalue weighted by molar-refractivity contribution is 5.15. The summed E-state index contributed by atoms with van der Waals surface area (Å²) in [6.45, 7) is 4.61. The molecule has 2 N–H and O–H groups in total. The van der Waals surface area contributed by atoms with Crippen molar-refractivity contribution in [1.29, 1.82) is 0 Å². The maximum Gasteiger partial charge on any atom is 0.108 e. The second-order valence-corrected chi connectivity index (χ2v) is 5.99. The number of nitrogens with zero attached hydrogens (tertiary/aromatic N) is 2. The zero-order valence-electron chi connectivity index (χ0n) is 11.1. The Balaban J connectivity index is 1.98. The summed E-state index contributed by atoms with van der Waals surface area (Å²) >= 11 is 0. The van der Waals surface area contributed by atoms with Crippen LogP contribution in [0.3, 0.4) is 0 Å². The Kier molecular flexibility index (Phi) is 3.38. The van der Waals surface area contributed by atoms with E-state index in [1.165, 1.54) is 12.0 Å². The van der Waals surface area contributed by atoms with E-state index in [2.05, 4.69) is 29.5 Å².